The number of carbonyl (C=O) groups excluding carboxylic acids is 2. The normalized spacial score (nSPS) is 19.5. The van der Waals surface area contributed by atoms with Crippen LogP contribution in [0.2, 0.25) is 5.02 Å². The van der Waals surface area contributed by atoms with Crippen molar-refractivity contribution in [1.82, 2.24) is 4.90 Å². The Balaban J connectivity index is 2.18. The summed E-state index contributed by atoms with van der Waals surface area (Å²) in [7, 11) is 0. The Morgan fingerprint density at radius 3 is 2.83 bits per heavy atom. The van der Waals surface area contributed by atoms with E-state index in [9.17, 15) is 9.59 Å². The topological polar surface area (TPSA) is 49.4 Å². The molecule has 0 aromatic heterocycles. The summed E-state index contributed by atoms with van der Waals surface area (Å²) in [6, 6.07) is 4.80. The molecule has 0 radical (unpaired) electrons. The van der Waals surface area contributed by atoms with Gasteiger partial charge in [-0.2, -0.15) is 0 Å². The fourth-order valence-electron chi connectivity index (χ4n) is 1.92. The summed E-state index contributed by atoms with van der Waals surface area (Å²) in [5.41, 5.74) is 0.648. The van der Waals surface area contributed by atoms with Gasteiger partial charge in [0.15, 0.2) is 0 Å². The first-order chi connectivity index (χ1) is 8.52. The third-order valence-electron chi connectivity index (χ3n) is 2.82. The Labute approximate surface area is 118 Å². The summed E-state index contributed by atoms with van der Waals surface area (Å²) in [6.45, 7) is 2.19. The van der Waals surface area contributed by atoms with Gasteiger partial charge in [-0.15, -0.1) is 0 Å². The molecule has 1 unspecified atom stereocenters. The van der Waals surface area contributed by atoms with Crippen LogP contribution in [0.3, 0.4) is 0 Å². The van der Waals surface area contributed by atoms with Gasteiger partial charge in [-0.05, 0) is 25.1 Å². The van der Waals surface area contributed by atoms with Crippen LogP contribution in [-0.2, 0) is 9.59 Å². The van der Waals surface area contributed by atoms with Crippen LogP contribution < -0.4 is 5.32 Å². The molecule has 2 rings (SSSR count). The van der Waals surface area contributed by atoms with E-state index in [2.05, 4.69) is 21.2 Å². The molecule has 0 saturated carbocycles. The molecule has 0 bridgehead atoms. The Morgan fingerprint density at radius 2 is 2.22 bits per heavy atom. The number of nitrogens with zero attached hydrogens (tertiary/aromatic N) is 1. The fourth-order valence-corrected chi connectivity index (χ4v) is 2.46. The van der Waals surface area contributed by atoms with Crippen LogP contribution in [0.1, 0.15) is 13.3 Å². The van der Waals surface area contributed by atoms with E-state index in [1.165, 1.54) is 4.90 Å². The zero-order chi connectivity index (χ0) is 13.3. The predicted octanol–water partition coefficient (Wildman–Crippen LogP) is 2.66. The van der Waals surface area contributed by atoms with Crippen molar-refractivity contribution in [2.45, 2.75) is 19.4 Å². The predicted molar refractivity (Wildman–Crippen MR) is 73.6 cm³/mol. The quantitative estimate of drug-likeness (QED) is 0.866. The van der Waals surface area contributed by atoms with E-state index >= 15 is 0 Å². The number of imide groups is 1. The number of hydrogen-bond donors (Lipinski definition) is 1. The Bertz CT molecular complexity index is 507. The number of rotatable bonds is 3. The smallest absolute Gasteiger partial charge is 0.252 e. The van der Waals surface area contributed by atoms with E-state index in [0.29, 0.717) is 17.3 Å². The highest BCUT2D eigenvalue weighted by Crippen LogP contribution is 2.28. The molecule has 1 fully saturated rings. The first-order valence-electron chi connectivity index (χ1n) is 5.58. The average Bonchev–Trinajstić information content (AvgIpc) is 2.59. The maximum atomic E-state index is 11.9. The molecule has 1 N–H and O–H groups in total. The minimum absolute atomic E-state index is 0.147. The van der Waals surface area contributed by atoms with Crippen LogP contribution in [-0.4, -0.2) is 29.3 Å². The van der Waals surface area contributed by atoms with Crippen molar-refractivity contribution in [3.05, 3.63) is 27.7 Å². The molecule has 1 aliphatic heterocycles. The molecular weight excluding hydrogens is 320 g/mol. The zero-order valence-electron chi connectivity index (χ0n) is 9.74. The van der Waals surface area contributed by atoms with Crippen molar-refractivity contribution in [2.24, 2.45) is 0 Å². The largest absolute Gasteiger partial charge is 0.372 e. The second-order valence-electron chi connectivity index (χ2n) is 4.00. The number of anilines is 1. The van der Waals surface area contributed by atoms with Crippen molar-refractivity contribution in [2.75, 3.05) is 11.9 Å². The van der Waals surface area contributed by atoms with Crippen molar-refractivity contribution in [1.29, 1.82) is 0 Å². The van der Waals surface area contributed by atoms with Crippen LogP contribution in [0.15, 0.2) is 22.7 Å². The van der Waals surface area contributed by atoms with E-state index in [1.54, 1.807) is 19.1 Å². The second-order valence-corrected chi connectivity index (χ2v) is 5.32. The molecule has 1 atom stereocenters. The average molecular weight is 332 g/mol. The van der Waals surface area contributed by atoms with E-state index in [1.807, 2.05) is 6.07 Å². The summed E-state index contributed by atoms with van der Waals surface area (Å²) in [5, 5.41) is 3.54. The van der Waals surface area contributed by atoms with Crippen molar-refractivity contribution in [3.63, 3.8) is 0 Å². The van der Waals surface area contributed by atoms with Gasteiger partial charge < -0.3 is 5.32 Å². The van der Waals surface area contributed by atoms with Gasteiger partial charge in [0, 0.05) is 11.0 Å². The Morgan fingerprint density at radius 1 is 1.50 bits per heavy atom. The van der Waals surface area contributed by atoms with Gasteiger partial charge in [0.25, 0.3) is 5.91 Å². The molecule has 1 aromatic carbocycles. The highest BCUT2D eigenvalue weighted by atomic mass is 79.9. The highest BCUT2D eigenvalue weighted by molar-refractivity contribution is 9.10. The second kappa shape index (κ2) is 5.28. The monoisotopic (exact) mass is 330 g/mol. The number of hydrogen-bond acceptors (Lipinski definition) is 3. The number of carbonyl (C=O) groups is 2. The van der Waals surface area contributed by atoms with Crippen molar-refractivity contribution >= 4 is 45.0 Å². The molecule has 4 nitrogen and oxygen atoms in total. The summed E-state index contributed by atoms with van der Waals surface area (Å²) in [6.07, 6.45) is 0.176. The third-order valence-corrected chi connectivity index (χ3v) is 3.64. The van der Waals surface area contributed by atoms with Crippen molar-refractivity contribution < 1.29 is 9.59 Å². The minimum Gasteiger partial charge on any atom is -0.372 e. The zero-order valence-corrected chi connectivity index (χ0v) is 12.1. The van der Waals surface area contributed by atoms with E-state index in [0.717, 1.165) is 4.47 Å². The number of benzene rings is 1. The van der Waals surface area contributed by atoms with Crippen LogP contribution in [0, 0.1) is 0 Å². The number of likely N-dealkylation sites (tertiary alicyclic amines) is 1. The summed E-state index contributed by atoms with van der Waals surface area (Å²) in [4.78, 5) is 24.8. The standard InChI is InChI=1S/C12H12BrClN2O2/c1-2-16-11(17)6-10(12(16)18)15-9-5-7(13)3-4-8(9)14/h3-5,10,15H,2,6H2,1H3. The molecule has 1 heterocycles. The molecule has 96 valence electrons. The molecule has 1 aromatic rings. The number of halogens is 2. The maximum absolute atomic E-state index is 11.9. The first kappa shape index (κ1) is 13.4. The summed E-state index contributed by atoms with van der Waals surface area (Å²) >= 11 is 9.37. The van der Waals surface area contributed by atoms with Crippen LogP contribution in [0.5, 0.6) is 0 Å². The van der Waals surface area contributed by atoms with Crippen molar-refractivity contribution in [3.8, 4) is 0 Å². The molecule has 18 heavy (non-hydrogen) atoms. The molecular formula is C12H12BrClN2O2. The highest BCUT2D eigenvalue weighted by Gasteiger charge is 2.37. The summed E-state index contributed by atoms with van der Waals surface area (Å²) < 4.78 is 0.860. The lowest BCUT2D eigenvalue weighted by molar-refractivity contribution is -0.138. The third kappa shape index (κ3) is 2.52. The molecule has 1 saturated heterocycles. The molecule has 0 aliphatic carbocycles. The summed E-state index contributed by atoms with van der Waals surface area (Å²) in [5.74, 6) is -0.343. The van der Waals surface area contributed by atoms with Gasteiger partial charge in [-0.3, -0.25) is 14.5 Å². The molecule has 6 heteroatoms. The Kier molecular flexibility index (Phi) is 3.92. The number of likely N-dealkylation sites (N-methyl/N-ethyl adjacent to an activating group) is 1. The van der Waals surface area contributed by atoms with E-state index in [4.69, 9.17) is 11.6 Å². The lowest BCUT2D eigenvalue weighted by Gasteiger charge is -2.15. The number of amides is 2. The molecule has 1 aliphatic rings. The van der Waals surface area contributed by atoms with Gasteiger partial charge >= 0.3 is 0 Å². The SMILES string of the molecule is CCN1C(=O)CC(Nc2cc(Br)ccc2Cl)C1=O. The van der Waals surface area contributed by atoms with Gasteiger partial charge in [-0.1, -0.05) is 27.5 Å². The number of nitrogens with one attached hydrogen (secondary N) is 1. The molecule has 2 amide bonds. The molecule has 0 spiro atoms. The maximum Gasteiger partial charge on any atom is 0.252 e. The van der Waals surface area contributed by atoms with Crippen LogP contribution in [0.4, 0.5) is 5.69 Å². The van der Waals surface area contributed by atoms with Crippen LogP contribution in [0.25, 0.3) is 0 Å². The Hall–Kier alpha value is -1.07. The van der Waals surface area contributed by atoms with Gasteiger partial charge in [0.2, 0.25) is 5.91 Å². The van der Waals surface area contributed by atoms with Crippen LogP contribution >= 0.6 is 27.5 Å². The lowest BCUT2D eigenvalue weighted by atomic mass is 10.2. The van der Waals surface area contributed by atoms with Gasteiger partial charge in [0.05, 0.1) is 17.1 Å². The van der Waals surface area contributed by atoms with Gasteiger partial charge in [0.1, 0.15) is 6.04 Å². The van der Waals surface area contributed by atoms with Gasteiger partial charge in [-0.25, -0.2) is 0 Å². The first-order valence-corrected chi connectivity index (χ1v) is 6.75. The fraction of sp³-hybridized carbons (Fsp3) is 0.333. The van der Waals surface area contributed by atoms with E-state index < -0.39 is 6.04 Å². The minimum atomic E-state index is -0.524. The van der Waals surface area contributed by atoms with E-state index in [-0.39, 0.29) is 18.2 Å². The lowest BCUT2D eigenvalue weighted by Crippen LogP contribution is -2.34.